The average Bonchev–Trinajstić information content (AvgIpc) is 3.35. The maximum absolute atomic E-state index is 12.3. The molecule has 0 radical (unpaired) electrons. The lowest BCUT2D eigenvalue weighted by molar-refractivity contribution is -0.123. The summed E-state index contributed by atoms with van der Waals surface area (Å²) in [5.41, 5.74) is 6.05. The van der Waals surface area contributed by atoms with Crippen LogP contribution in [-0.4, -0.2) is 43.4 Å². The molecule has 1 aromatic carbocycles. The lowest BCUT2D eigenvalue weighted by atomic mass is 9.97. The quantitative estimate of drug-likeness (QED) is 0.660. The first-order valence-corrected chi connectivity index (χ1v) is 11.9. The molecule has 0 bridgehead atoms. The van der Waals surface area contributed by atoms with E-state index in [4.69, 9.17) is 15.3 Å². The Hall–Kier alpha value is -2.89. The van der Waals surface area contributed by atoms with Crippen molar-refractivity contribution in [1.29, 1.82) is 0 Å². The van der Waals surface area contributed by atoms with E-state index >= 15 is 0 Å². The third kappa shape index (κ3) is 4.73. The van der Waals surface area contributed by atoms with E-state index in [1.54, 1.807) is 30.3 Å². The zero-order valence-corrected chi connectivity index (χ0v) is 18.0. The number of primary amides is 1. The van der Waals surface area contributed by atoms with Gasteiger partial charge in [-0.2, -0.15) is 4.99 Å². The Bertz CT molecular complexity index is 1190. The fraction of sp³-hybridized carbons (Fsp3) is 0.250. The van der Waals surface area contributed by atoms with Crippen molar-refractivity contribution in [1.82, 2.24) is 4.90 Å². The van der Waals surface area contributed by atoms with Crippen molar-refractivity contribution < 1.29 is 22.4 Å². The van der Waals surface area contributed by atoms with Crippen LogP contribution < -0.4 is 10.9 Å². The first-order chi connectivity index (χ1) is 14.7. The van der Waals surface area contributed by atoms with E-state index in [0.717, 1.165) is 0 Å². The van der Waals surface area contributed by atoms with E-state index < -0.39 is 10.0 Å². The number of nitrogens with zero attached hydrogens (tertiary/aromatic N) is 2. The Labute approximate surface area is 183 Å². The maximum Gasteiger partial charge on any atom is 0.286 e. The van der Waals surface area contributed by atoms with Crippen LogP contribution in [0.3, 0.4) is 0 Å². The number of thioether (sulfide) groups is 1. The molecule has 2 aromatic rings. The number of piperidine rings is 1. The van der Waals surface area contributed by atoms with Crippen molar-refractivity contribution in [3.63, 3.8) is 0 Å². The van der Waals surface area contributed by atoms with Crippen molar-refractivity contribution in [2.45, 2.75) is 17.7 Å². The number of hydrogen-bond donors (Lipinski definition) is 2. The Morgan fingerprint density at radius 3 is 2.45 bits per heavy atom. The second-order valence-corrected chi connectivity index (χ2v) is 9.82. The molecule has 11 heteroatoms. The molecule has 31 heavy (non-hydrogen) atoms. The molecule has 2 aliphatic rings. The van der Waals surface area contributed by atoms with Gasteiger partial charge in [-0.25, -0.2) is 13.6 Å². The molecule has 1 fully saturated rings. The summed E-state index contributed by atoms with van der Waals surface area (Å²) in [5, 5.41) is 5.73. The number of carbonyl (C=O) groups excluding carboxylic acids is 2. The molecule has 0 unspecified atom stereocenters. The normalized spacial score (nSPS) is 19.1. The van der Waals surface area contributed by atoms with E-state index in [1.807, 2.05) is 4.90 Å². The SMILES string of the molecule is NC(=O)C1CCN(C2=NC(=O)/C(=C/c3ccc(-c4ccc(S(N)(=O)=O)cc4)o3)S2)CC1. The van der Waals surface area contributed by atoms with E-state index in [1.165, 1.54) is 23.9 Å². The summed E-state index contributed by atoms with van der Waals surface area (Å²) in [7, 11) is -3.76. The van der Waals surface area contributed by atoms with Gasteiger partial charge in [-0.3, -0.25) is 9.59 Å². The van der Waals surface area contributed by atoms with Gasteiger partial charge in [0.25, 0.3) is 5.91 Å². The number of hydrogen-bond acceptors (Lipinski definition) is 7. The summed E-state index contributed by atoms with van der Waals surface area (Å²) in [6, 6.07) is 9.47. The van der Waals surface area contributed by atoms with Crippen LogP contribution in [0.15, 0.2) is 55.6 Å². The minimum Gasteiger partial charge on any atom is -0.457 e. The predicted molar refractivity (Wildman–Crippen MR) is 117 cm³/mol. The highest BCUT2D eigenvalue weighted by Crippen LogP contribution is 2.33. The van der Waals surface area contributed by atoms with Gasteiger partial charge in [0.1, 0.15) is 11.5 Å². The van der Waals surface area contributed by atoms with Gasteiger partial charge in [0.2, 0.25) is 15.9 Å². The first kappa shape index (κ1) is 21.3. The highest BCUT2D eigenvalue weighted by Gasteiger charge is 2.30. The number of benzene rings is 1. The molecule has 3 heterocycles. The van der Waals surface area contributed by atoms with Crippen LogP contribution in [0.4, 0.5) is 0 Å². The predicted octanol–water partition coefficient (Wildman–Crippen LogP) is 1.76. The number of amides is 2. The van der Waals surface area contributed by atoms with Gasteiger partial charge in [-0.1, -0.05) is 0 Å². The lowest BCUT2D eigenvalue weighted by Gasteiger charge is -2.31. The highest BCUT2D eigenvalue weighted by molar-refractivity contribution is 8.18. The second-order valence-electron chi connectivity index (χ2n) is 7.25. The van der Waals surface area contributed by atoms with Crippen LogP contribution in [0.25, 0.3) is 17.4 Å². The van der Waals surface area contributed by atoms with E-state index in [-0.39, 0.29) is 22.6 Å². The fourth-order valence-electron chi connectivity index (χ4n) is 3.41. The first-order valence-electron chi connectivity index (χ1n) is 9.50. The Kier molecular flexibility index (Phi) is 5.73. The molecule has 9 nitrogen and oxygen atoms in total. The van der Waals surface area contributed by atoms with Crippen LogP contribution in [0.5, 0.6) is 0 Å². The number of amidine groups is 1. The van der Waals surface area contributed by atoms with E-state index in [0.29, 0.717) is 53.1 Å². The molecule has 2 aliphatic heterocycles. The molecule has 162 valence electrons. The zero-order chi connectivity index (χ0) is 22.2. The van der Waals surface area contributed by atoms with Gasteiger partial charge in [-0.15, -0.1) is 0 Å². The van der Waals surface area contributed by atoms with Crippen LogP contribution in [0.2, 0.25) is 0 Å². The summed E-state index contributed by atoms with van der Waals surface area (Å²) in [5.74, 6) is 0.246. The highest BCUT2D eigenvalue weighted by atomic mass is 32.2. The maximum atomic E-state index is 12.3. The fourth-order valence-corrected chi connectivity index (χ4v) is 4.87. The number of aliphatic imine (C=N–C) groups is 1. The van der Waals surface area contributed by atoms with Crippen molar-refractivity contribution in [3.8, 4) is 11.3 Å². The van der Waals surface area contributed by atoms with Crippen LogP contribution >= 0.6 is 11.8 Å². The van der Waals surface area contributed by atoms with E-state index in [2.05, 4.69) is 4.99 Å². The third-order valence-corrected chi connectivity index (χ3v) is 7.12. The summed E-state index contributed by atoms with van der Waals surface area (Å²) in [6.45, 7) is 1.25. The van der Waals surface area contributed by atoms with Gasteiger partial charge >= 0.3 is 0 Å². The van der Waals surface area contributed by atoms with Crippen LogP contribution in [-0.2, 0) is 19.6 Å². The average molecular weight is 461 g/mol. The molecule has 4 N–H and O–H groups in total. The van der Waals surface area contributed by atoms with Crippen LogP contribution in [0.1, 0.15) is 18.6 Å². The van der Waals surface area contributed by atoms with Crippen molar-refractivity contribution >= 4 is 44.8 Å². The second kappa shape index (κ2) is 8.33. The number of nitrogens with two attached hydrogens (primary N) is 2. The van der Waals surface area contributed by atoms with Gasteiger partial charge < -0.3 is 15.1 Å². The van der Waals surface area contributed by atoms with Gasteiger partial charge in [0.05, 0.1) is 9.80 Å². The standard InChI is InChI=1S/C20H20N4O5S2/c21-18(25)13-7-9-24(10-8-13)20-23-19(26)17(30-20)11-14-3-6-16(29-14)12-1-4-15(5-2-12)31(22,27)28/h1-6,11,13H,7-10H2,(H2,21,25)(H2,22,27,28)/b17-11-. The molecule has 1 saturated heterocycles. The van der Waals surface area contributed by atoms with Crippen molar-refractivity contribution in [2.75, 3.05) is 13.1 Å². The molecule has 4 rings (SSSR count). The largest absolute Gasteiger partial charge is 0.457 e. The number of likely N-dealkylation sites (tertiary alicyclic amines) is 1. The lowest BCUT2D eigenvalue weighted by Crippen LogP contribution is -2.40. The number of primary sulfonamides is 1. The van der Waals surface area contributed by atoms with Crippen LogP contribution in [0, 0.1) is 5.92 Å². The minimum absolute atomic E-state index is 0.0163. The summed E-state index contributed by atoms with van der Waals surface area (Å²) < 4.78 is 28.5. The molecule has 2 amide bonds. The number of carbonyl (C=O) groups is 2. The Balaban J connectivity index is 1.44. The molecule has 0 saturated carbocycles. The number of furan rings is 1. The van der Waals surface area contributed by atoms with Crippen molar-refractivity contribution in [2.24, 2.45) is 21.8 Å². The van der Waals surface area contributed by atoms with Gasteiger partial charge in [0, 0.05) is 30.6 Å². The number of rotatable bonds is 4. The van der Waals surface area contributed by atoms with Gasteiger partial charge in [0.15, 0.2) is 5.17 Å². The molecule has 0 atom stereocenters. The summed E-state index contributed by atoms with van der Waals surface area (Å²) in [4.78, 5) is 30.2. The van der Waals surface area contributed by atoms with Crippen molar-refractivity contribution in [3.05, 3.63) is 47.1 Å². The molecular weight excluding hydrogens is 440 g/mol. The monoisotopic (exact) mass is 460 g/mol. The molecule has 1 aromatic heterocycles. The molecule has 0 aliphatic carbocycles. The number of sulfonamides is 1. The van der Waals surface area contributed by atoms with E-state index in [9.17, 15) is 18.0 Å². The summed E-state index contributed by atoms with van der Waals surface area (Å²) in [6.07, 6.45) is 2.92. The minimum atomic E-state index is -3.76. The molecular formula is C20H20N4O5S2. The zero-order valence-electron chi connectivity index (χ0n) is 16.4. The third-order valence-electron chi connectivity index (χ3n) is 5.14. The summed E-state index contributed by atoms with van der Waals surface area (Å²) >= 11 is 1.27. The topological polar surface area (TPSA) is 149 Å². The molecule has 0 spiro atoms. The smallest absolute Gasteiger partial charge is 0.286 e. The Morgan fingerprint density at radius 1 is 1.16 bits per heavy atom. The Morgan fingerprint density at radius 2 is 1.84 bits per heavy atom. The van der Waals surface area contributed by atoms with Gasteiger partial charge in [-0.05, 0) is 61.0 Å².